The minimum atomic E-state index is 0.632. The van der Waals surface area contributed by atoms with Crippen molar-refractivity contribution in [2.75, 3.05) is 19.7 Å². The van der Waals surface area contributed by atoms with Gasteiger partial charge in [0.1, 0.15) is 11.6 Å². The molecular weight excluding hydrogens is 310 g/mol. The van der Waals surface area contributed by atoms with Gasteiger partial charge >= 0.3 is 0 Å². The van der Waals surface area contributed by atoms with Gasteiger partial charge in [-0.25, -0.2) is 4.98 Å². The van der Waals surface area contributed by atoms with Crippen LogP contribution in [0, 0.1) is 0 Å². The quantitative estimate of drug-likeness (QED) is 0.735. The van der Waals surface area contributed by atoms with E-state index in [2.05, 4.69) is 39.1 Å². The van der Waals surface area contributed by atoms with Gasteiger partial charge in [-0.05, 0) is 55.8 Å². The molecule has 0 spiro atoms. The fraction of sp³-hybridized carbons (Fsp3) is 0.381. The molecule has 2 heterocycles. The van der Waals surface area contributed by atoms with E-state index in [9.17, 15) is 0 Å². The number of H-pyrrole nitrogens is 1. The molecule has 4 rings (SSSR count). The monoisotopic (exact) mass is 335 g/mol. The summed E-state index contributed by atoms with van der Waals surface area (Å²) in [6.45, 7) is 4.10. The molecule has 1 saturated heterocycles. The molecule has 4 nitrogen and oxygen atoms in total. The summed E-state index contributed by atoms with van der Waals surface area (Å²) in [4.78, 5) is 10.5. The summed E-state index contributed by atoms with van der Waals surface area (Å²) >= 11 is 0. The zero-order valence-corrected chi connectivity index (χ0v) is 14.6. The molecule has 0 bridgehead atoms. The lowest BCUT2D eigenvalue weighted by Crippen LogP contribution is -2.29. The molecule has 1 fully saturated rings. The number of fused-ring (bicyclic) bond motifs is 1. The van der Waals surface area contributed by atoms with Crippen LogP contribution in [0.15, 0.2) is 48.5 Å². The minimum Gasteiger partial charge on any atom is -0.493 e. The normalized spacial score (nSPS) is 15.5. The van der Waals surface area contributed by atoms with Crippen LogP contribution < -0.4 is 4.74 Å². The molecule has 1 aliphatic heterocycles. The lowest BCUT2D eigenvalue weighted by Gasteiger charge is -2.26. The Morgan fingerprint density at radius 2 is 1.88 bits per heavy atom. The van der Waals surface area contributed by atoms with Crippen LogP contribution in [-0.4, -0.2) is 34.6 Å². The van der Waals surface area contributed by atoms with E-state index >= 15 is 0 Å². The maximum absolute atomic E-state index is 5.96. The number of hydrogen-bond acceptors (Lipinski definition) is 3. The molecule has 130 valence electrons. The summed E-state index contributed by atoms with van der Waals surface area (Å²) in [7, 11) is 0. The molecule has 0 amide bonds. The van der Waals surface area contributed by atoms with Gasteiger partial charge in [-0.1, -0.05) is 30.7 Å². The standard InChI is InChI=1S/C21H25N3O/c1-4-12-24(13-5-1)16-17-7-6-8-18(15-17)25-14-11-21-22-19-9-2-3-10-20(19)23-21/h2-3,6-10,15H,1,4-5,11-14,16H2,(H,22,23). The Labute approximate surface area is 148 Å². The van der Waals surface area contributed by atoms with Gasteiger partial charge in [0.15, 0.2) is 0 Å². The number of piperidine rings is 1. The number of hydrogen-bond donors (Lipinski definition) is 1. The second kappa shape index (κ2) is 7.70. The Bertz CT molecular complexity index is 788. The lowest BCUT2D eigenvalue weighted by molar-refractivity contribution is 0.220. The van der Waals surface area contributed by atoms with E-state index in [0.29, 0.717) is 6.61 Å². The fourth-order valence-corrected chi connectivity index (χ4v) is 3.50. The molecular formula is C21H25N3O. The molecule has 0 aliphatic carbocycles. The van der Waals surface area contributed by atoms with Gasteiger partial charge in [0.2, 0.25) is 0 Å². The van der Waals surface area contributed by atoms with Crippen molar-refractivity contribution < 1.29 is 4.74 Å². The van der Waals surface area contributed by atoms with Crippen molar-refractivity contribution in [2.45, 2.75) is 32.2 Å². The molecule has 1 aromatic heterocycles. The number of aromatic amines is 1. The molecule has 2 aromatic carbocycles. The third-order valence-corrected chi connectivity index (χ3v) is 4.80. The maximum Gasteiger partial charge on any atom is 0.119 e. The van der Waals surface area contributed by atoms with Crippen LogP contribution in [0.4, 0.5) is 0 Å². The van der Waals surface area contributed by atoms with Crippen LogP contribution >= 0.6 is 0 Å². The van der Waals surface area contributed by atoms with E-state index in [1.54, 1.807) is 0 Å². The number of para-hydroxylation sites is 2. The van der Waals surface area contributed by atoms with Crippen LogP contribution in [0.1, 0.15) is 30.7 Å². The Hall–Kier alpha value is -2.33. The number of imidazole rings is 1. The van der Waals surface area contributed by atoms with Crippen molar-refractivity contribution in [3.05, 3.63) is 59.9 Å². The van der Waals surface area contributed by atoms with Gasteiger partial charge < -0.3 is 9.72 Å². The van der Waals surface area contributed by atoms with Gasteiger partial charge in [-0.2, -0.15) is 0 Å². The summed E-state index contributed by atoms with van der Waals surface area (Å²) in [5, 5.41) is 0. The second-order valence-corrected chi connectivity index (χ2v) is 6.78. The summed E-state index contributed by atoms with van der Waals surface area (Å²) in [5.41, 5.74) is 3.44. The first-order valence-electron chi connectivity index (χ1n) is 9.24. The Balaban J connectivity index is 1.32. The SMILES string of the molecule is c1cc(CN2CCCCC2)cc(OCCc2nc3ccccc3[nH]2)c1. The van der Waals surface area contributed by atoms with Crippen molar-refractivity contribution in [1.82, 2.24) is 14.9 Å². The average molecular weight is 335 g/mol. The van der Waals surface area contributed by atoms with Crippen LogP contribution in [0.3, 0.4) is 0 Å². The highest BCUT2D eigenvalue weighted by atomic mass is 16.5. The first-order valence-corrected chi connectivity index (χ1v) is 9.24. The topological polar surface area (TPSA) is 41.1 Å². The van der Waals surface area contributed by atoms with E-state index in [0.717, 1.165) is 35.6 Å². The Morgan fingerprint density at radius 1 is 1.00 bits per heavy atom. The highest BCUT2D eigenvalue weighted by Gasteiger charge is 2.10. The number of ether oxygens (including phenoxy) is 1. The smallest absolute Gasteiger partial charge is 0.119 e. The largest absolute Gasteiger partial charge is 0.493 e. The molecule has 0 radical (unpaired) electrons. The summed E-state index contributed by atoms with van der Waals surface area (Å²) < 4.78 is 5.96. The van der Waals surface area contributed by atoms with Gasteiger partial charge in [0, 0.05) is 13.0 Å². The highest BCUT2D eigenvalue weighted by molar-refractivity contribution is 5.74. The van der Waals surface area contributed by atoms with Crippen molar-refractivity contribution in [2.24, 2.45) is 0 Å². The number of likely N-dealkylation sites (tertiary alicyclic amines) is 1. The number of rotatable bonds is 6. The Kier molecular flexibility index (Phi) is 4.98. The minimum absolute atomic E-state index is 0.632. The summed E-state index contributed by atoms with van der Waals surface area (Å²) in [6.07, 6.45) is 4.81. The molecule has 1 aliphatic rings. The van der Waals surface area contributed by atoms with Crippen LogP contribution in [0.25, 0.3) is 11.0 Å². The average Bonchev–Trinajstić information content (AvgIpc) is 3.06. The van der Waals surface area contributed by atoms with Crippen LogP contribution in [0.2, 0.25) is 0 Å². The summed E-state index contributed by atoms with van der Waals surface area (Å²) in [6, 6.07) is 16.6. The number of aromatic nitrogens is 2. The third kappa shape index (κ3) is 4.20. The van der Waals surface area contributed by atoms with Gasteiger partial charge in [-0.15, -0.1) is 0 Å². The van der Waals surface area contributed by atoms with Crippen molar-refractivity contribution in [3.63, 3.8) is 0 Å². The molecule has 0 unspecified atom stereocenters. The predicted molar refractivity (Wildman–Crippen MR) is 101 cm³/mol. The first kappa shape index (κ1) is 16.2. The van der Waals surface area contributed by atoms with E-state index in [1.165, 1.54) is 37.9 Å². The molecule has 1 N–H and O–H groups in total. The van der Waals surface area contributed by atoms with Crippen molar-refractivity contribution in [1.29, 1.82) is 0 Å². The Morgan fingerprint density at radius 3 is 2.76 bits per heavy atom. The second-order valence-electron chi connectivity index (χ2n) is 6.78. The fourth-order valence-electron chi connectivity index (χ4n) is 3.50. The van der Waals surface area contributed by atoms with Gasteiger partial charge in [0.05, 0.1) is 17.6 Å². The zero-order valence-electron chi connectivity index (χ0n) is 14.6. The van der Waals surface area contributed by atoms with E-state index in [1.807, 2.05) is 24.3 Å². The lowest BCUT2D eigenvalue weighted by atomic mass is 10.1. The molecule has 4 heteroatoms. The van der Waals surface area contributed by atoms with Crippen molar-refractivity contribution in [3.8, 4) is 5.75 Å². The number of nitrogens with one attached hydrogen (secondary N) is 1. The van der Waals surface area contributed by atoms with E-state index in [-0.39, 0.29) is 0 Å². The maximum atomic E-state index is 5.96. The summed E-state index contributed by atoms with van der Waals surface area (Å²) in [5.74, 6) is 1.93. The van der Waals surface area contributed by atoms with Crippen molar-refractivity contribution >= 4 is 11.0 Å². The van der Waals surface area contributed by atoms with Gasteiger partial charge in [0.25, 0.3) is 0 Å². The predicted octanol–water partition coefficient (Wildman–Crippen LogP) is 4.17. The zero-order chi connectivity index (χ0) is 16.9. The van der Waals surface area contributed by atoms with Crippen LogP contribution in [0.5, 0.6) is 5.75 Å². The van der Waals surface area contributed by atoms with Gasteiger partial charge in [-0.3, -0.25) is 4.90 Å². The molecule has 3 aromatic rings. The van der Waals surface area contributed by atoms with E-state index in [4.69, 9.17) is 4.74 Å². The number of benzene rings is 2. The molecule has 0 saturated carbocycles. The molecule has 0 atom stereocenters. The number of nitrogens with zero attached hydrogens (tertiary/aromatic N) is 2. The van der Waals surface area contributed by atoms with E-state index < -0.39 is 0 Å². The first-order chi connectivity index (χ1) is 12.4. The van der Waals surface area contributed by atoms with Crippen LogP contribution in [-0.2, 0) is 13.0 Å². The third-order valence-electron chi connectivity index (χ3n) is 4.80. The highest BCUT2D eigenvalue weighted by Crippen LogP contribution is 2.18. The molecule has 25 heavy (non-hydrogen) atoms.